The van der Waals surface area contributed by atoms with Gasteiger partial charge in [-0.3, -0.25) is 9.89 Å². The van der Waals surface area contributed by atoms with Gasteiger partial charge in [0.2, 0.25) is 0 Å². The van der Waals surface area contributed by atoms with Crippen molar-refractivity contribution in [1.29, 1.82) is 0 Å². The smallest absolute Gasteiger partial charge is 0.270 e. The molecule has 5 heterocycles. The maximum Gasteiger partial charge on any atom is 0.270 e. The molecule has 41 heavy (non-hydrogen) atoms. The van der Waals surface area contributed by atoms with Crippen molar-refractivity contribution in [3.63, 3.8) is 0 Å². The molecule has 1 saturated heterocycles. The minimum Gasteiger partial charge on any atom is -0.340 e. The number of hydrogen-bond donors (Lipinski definition) is 2. The van der Waals surface area contributed by atoms with Gasteiger partial charge in [-0.2, -0.15) is 5.10 Å². The van der Waals surface area contributed by atoms with Crippen molar-refractivity contribution in [3.8, 4) is 22.5 Å². The van der Waals surface area contributed by atoms with Gasteiger partial charge in [-0.1, -0.05) is 30.3 Å². The van der Waals surface area contributed by atoms with Crippen molar-refractivity contribution in [2.45, 2.75) is 12.1 Å². The molecule has 0 saturated carbocycles. The summed E-state index contributed by atoms with van der Waals surface area (Å²) in [5, 5.41) is 15.9. The number of likely N-dealkylation sites (tertiary alicyclic amines) is 1. The van der Waals surface area contributed by atoms with Crippen LogP contribution in [0.2, 0.25) is 0 Å². The van der Waals surface area contributed by atoms with Gasteiger partial charge in [0.25, 0.3) is 5.91 Å². The molecule has 0 bridgehead atoms. The highest BCUT2D eigenvalue weighted by Gasteiger charge is 2.45. The van der Waals surface area contributed by atoms with E-state index in [4.69, 9.17) is 10.1 Å². The van der Waals surface area contributed by atoms with E-state index in [2.05, 4.69) is 22.1 Å². The van der Waals surface area contributed by atoms with Crippen LogP contribution in [0.5, 0.6) is 0 Å². The molecular weight excluding hydrogens is 519 g/mol. The summed E-state index contributed by atoms with van der Waals surface area (Å²) in [6.45, 7) is 3.78. The van der Waals surface area contributed by atoms with Crippen molar-refractivity contribution < 1.29 is 9.18 Å². The highest BCUT2D eigenvalue weighted by atomic mass is 19.1. The van der Waals surface area contributed by atoms with Crippen LogP contribution in [0.15, 0.2) is 91.9 Å². The highest BCUT2D eigenvalue weighted by Crippen LogP contribution is 2.33. The molecule has 9 nitrogen and oxygen atoms in total. The van der Waals surface area contributed by atoms with Crippen LogP contribution in [-0.4, -0.2) is 58.9 Å². The van der Waals surface area contributed by atoms with Gasteiger partial charge >= 0.3 is 0 Å². The number of allylic oxidation sites excluding steroid dienone is 1. The molecule has 10 heteroatoms. The second kappa shape index (κ2) is 9.44. The van der Waals surface area contributed by atoms with E-state index >= 15 is 0 Å². The minimum atomic E-state index is -1.38. The number of H-pyrrole nitrogens is 1. The van der Waals surface area contributed by atoms with Crippen LogP contribution >= 0.6 is 0 Å². The average Bonchev–Trinajstić information content (AvgIpc) is 3.73. The highest BCUT2D eigenvalue weighted by molar-refractivity contribution is 6.00. The predicted molar refractivity (Wildman–Crippen MR) is 157 cm³/mol. The number of nitrogens with zero attached hydrogens (tertiary/aromatic N) is 6. The number of aromatic amines is 1. The molecule has 1 fully saturated rings. The lowest BCUT2D eigenvalue weighted by molar-refractivity contribution is -0.0180. The Kier molecular flexibility index (Phi) is 5.70. The van der Waals surface area contributed by atoms with Gasteiger partial charge < -0.3 is 14.8 Å². The second-order valence-electron chi connectivity index (χ2n) is 10.5. The molecule has 0 aliphatic carbocycles. The van der Waals surface area contributed by atoms with Crippen LogP contribution in [0.25, 0.3) is 38.9 Å². The van der Waals surface area contributed by atoms with Crippen LogP contribution in [0.3, 0.4) is 0 Å². The first-order valence-corrected chi connectivity index (χ1v) is 13.3. The van der Waals surface area contributed by atoms with Crippen molar-refractivity contribution in [3.05, 3.63) is 97.6 Å². The Balaban J connectivity index is 1.19. The first-order valence-electron chi connectivity index (χ1n) is 13.3. The number of amides is 1. The molecule has 7 rings (SSSR count). The van der Waals surface area contributed by atoms with Crippen LogP contribution in [-0.2, 0) is 7.05 Å². The lowest BCUT2D eigenvalue weighted by Crippen LogP contribution is -2.60. The second-order valence-corrected chi connectivity index (χ2v) is 10.5. The summed E-state index contributed by atoms with van der Waals surface area (Å²) >= 11 is 0. The maximum atomic E-state index is 14.6. The van der Waals surface area contributed by atoms with Gasteiger partial charge in [-0.05, 0) is 42.0 Å². The van der Waals surface area contributed by atoms with Gasteiger partial charge in [-0.25, -0.2) is 13.9 Å². The lowest BCUT2D eigenvalue weighted by atomic mass is 9.92. The molecule has 0 spiro atoms. The number of hydrogen-bond acceptors (Lipinski definition) is 5. The van der Waals surface area contributed by atoms with E-state index in [0.29, 0.717) is 17.3 Å². The Hall–Kier alpha value is -5.25. The van der Waals surface area contributed by atoms with Crippen molar-refractivity contribution in [2.75, 3.05) is 18.4 Å². The fraction of sp³-hybridized carbons (Fsp3) is 0.161. The maximum absolute atomic E-state index is 14.6. The summed E-state index contributed by atoms with van der Waals surface area (Å²) in [4.78, 5) is 19.6. The number of carbonyl (C=O) groups is 1. The Morgan fingerprint density at radius 1 is 1.10 bits per heavy atom. The van der Waals surface area contributed by atoms with Crippen molar-refractivity contribution in [1.82, 2.24) is 34.3 Å². The zero-order valence-corrected chi connectivity index (χ0v) is 22.4. The third-order valence-electron chi connectivity index (χ3n) is 7.64. The number of carbonyl (C=O) groups excluding carboxylic acids is 1. The lowest BCUT2D eigenvalue weighted by Gasteiger charge is -2.44. The van der Waals surface area contributed by atoms with Gasteiger partial charge in [0.05, 0.1) is 19.3 Å². The number of nitrogens with one attached hydrogen (secondary N) is 2. The predicted octanol–water partition coefficient (Wildman–Crippen LogP) is 5.76. The standard InChI is InChI=1S/C31H27FN8O/c1-3-12-31(32)18-39(19-31)30(41)27-14-21-6-7-22(15-26(21)38(27)2)28-36-29(25-5-4-13-40(25)37-28)35-24-10-8-20(9-11-24)23-16-33-34-17-23/h3-11,13-17H,1,12,18-19H2,2H3,(H,33,34)(H,35,36,37). The fourth-order valence-corrected chi connectivity index (χ4v) is 5.45. The van der Waals surface area contributed by atoms with E-state index in [0.717, 1.165) is 38.8 Å². The molecule has 2 aromatic carbocycles. The summed E-state index contributed by atoms with van der Waals surface area (Å²) in [6, 6.07) is 19.7. The summed E-state index contributed by atoms with van der Waals surface area (Å²) in [7, 11) is 1.85. The quantitative estimate of drug-likeness (QED) is 0.248. The zero-order chi connectivity index (χ0) is 28.1. The topological polar surface area (TPSA) is 96.1 Å². The monoisotopic (exact) mass is 546 g/mol. The number of halogens is 1. The summed E-state index contributed by atoms with van der Waals surface area (Å²) in [5.74, 6) is 1.03. The van der Waals surface area contributed by atoms with Gasteiger partial charge in [0.15, 0.2) is 11.6 Å². The number of rotatable bonds is 7. The number of benzene rings is 2. The number of anilines is 2. The SMILES string of the molecule is C=CCC1(F)CN(C(=O)c2cc3ccc(-c4nc(Nc5ccc(-c6cn[nH]c6)cc5)c5cccn5n4)cc3n2C)C1. The molecule has 0 radical (unpaired) electrons. The van der Waals surface area contributed by atoms with Crippen molar-refractivity contribution in [2.24, 2.45) is 7.05 Å². The minimum absolute atomic E-state index is 0.0805. The summed E-state index contributed by atoms with van der Waals surface area (Å²) in [5.41, 5.74) is 4.62. The van der Waals surface area contributed by atoms with E-state index in [-0.39, 0.29) is 25.4 Å². The van der Waals surface area contributed by atoms with Gasteiger partial charge in [0, 0.05) is 53.6 Å². The van der Waals surface area contributed by atoms with Gasteiger partial charge in [0.1, 0.15) is 16.9 Å². The first kappa shape index (κ1) is 24.8. The van der Waals surface area contributed by atoms with E-state index < -0.39 is 5.67 Å². The van der Waals surface area contributed by atoms with Crippen LogP contribution in [0.1, 0.15) is 16.9 Å². The van der Waals surface area contributed by atoms with E-state index in [1.165, 1.54) is 0 Å². The summed E-state index contributed by atoms with van der Waals surface area (Å²) < 4.78 is 18.3. The van der Waals surface area contributed by atoms with Crippen LogP contribution in [0, 0.1) is 0 Å². The Bertz CT molecular complexity index is 1910. The first-order chi connectivity index (χ1) is 19.9. The van der Waals surface area contributed by atoms with Gasteiger partial charge in [-0.15, -0.1) is 11.7 Å². The van der Waals surface area contributed by atoms with E-state index in [1.807, 2.05) is 84.7 Å². The molecule has 1 aliphatic heterocycles. The normalized spacial score (nSPS) is 14.3. The molecule has 0 unspecified atom stereocenters. The molecule has 204 valence electrons. The number of aromatic nitrogens is 6. The van der Waals surface area contributed by atoms with Crippen molar-refractivity contribution >= 4 is 33.8 Å². The Morgan fingerprint density at radius 3 is 2.66 bits per heavy atom. The Labute approximate surface area is 234 Å². The number of alkyl halides is 1. The van der Waals surface area contributed by atoms with Crippen LogP contribution < -0.4 is 5.32 Å². The number of aryl methyl sites for hydroxylation is 1. The summed E-state index contributed by atoms with van der Waals surface area (Å²) in [6.07, 6.45) is 7.34. The van der Waals surface area contributed by atoms with E-state index in [9.17, 15) is 9.18 Å². The molecular formula is C31H27FN8O. The third kappa shape index (κ3) is 4.33. The number of fused-ring (bicyclic) bond motifs is 2. The van der Waals surface area contributed by atoms with E-state index in [1.54, 1.807) is 21.7 Å². The molecule has 1 amide bonds. The molecule has 6 aromatic rings. The zero-order valence-electron chi connectivity index (χ0n) is 22.4. The van der Waals surface area contributed by atoms with Crippen LogP contribution in [0.4, 0.5) is 15.9 Å². The molecule has 1 aliphatic rings. The average molecular weight is 547 g/mol. The molecule has 0 atom stereocenters. The molecule has 2 N–H and O–H groups in total. The largest absolute Gasteiger partial charge is 0.340 e. The third-order valence-corrected chi connectivity index (χ3v) is 7.64. The fourth-order valence-electron chi connectivity index (χ4n) is 5.45. The molecule has 4 aromatic heterocycles. The Morgan fingerprint density at radius 2 is 1.90 bits per heavy atom.